The first-order valence-electron chi connectivity index (χ1n) is 8.33. The van der Waals surface area contributed by atoms with Gasteiger partial charge in [0.05, 0.1) is 6.04 Å². The molecular formula is C19H24N2OS. The Bertz CT molecular complexity index is 666. The van der Waals surface area contributed by atoms with E-state index in [-0.39, 0.29) is 12.1 Å². The number of hydrogen-bond donors (Lipinski definition) is 1. The zero-order chi connectivity index (χ0) is 16.2. The smallest absolute Gasteiger partial charge is 0.317 e. The molecule has 122 valence electrons. The summed E-state index contributed by atoms with van der Waals surface area (Å²) in [5.41, 5.74) is 3.19. The summed E-state index contributed by atoms with van der Waals surface area (Å²) in [5.74, 6) is 0. The lowest BCUT2D eigenvalue weighted by Gasteiger charge is -2.30. The summed E-state index contributed by atoms with van der Waals surface area (Å²) in [6, 6.07) is 10.6. The molecule has 1 aromatic heterocycles. The molecule has 0 unspecified atom stereocenters. The minimum absolute atomic E-state index is 0.0269. The third kappa shape index (κ3) is 3.75. The molecule has 1 aliphatic heterocycles. The third-order valence-electron chi connectivity index (χ3n) is 4.52. The number of aryl methyl sites for hydroxylation is 2. The van der Waals surface area contributed by atoms with E-state index in [0.29, 0.717) is 0 Å². The van der Waals surface area contributed by atoms with Gasteiger partial charge < -0.3 is 10.2 Å². The van der Waals surface area contributed by atoms with E-state index >= 15 is 0 Å². The maximum Gasteiger partial charge on any atom is 0.322 e. The summed E-state index contributed by atoms with van der Waals surface area (Å²) in [7, 11) is 0. The van der Waals surface area contributed by atoms with Crippen LogP contribution in [-0.4, -0.2) is 17.5 Å². The van der Waals surface area contributed by atoms with E-state index in [1.807, 2.05) is 17.9 Å². The number of amides is 2. The molecule has 1 fully saturated rings. The van der Waals surface area contributed by atoms with Crippen LogP contribution in [-0.2, 0) is 0 Å². The Morgan fingerprint density at radius 1 is 1.22 bits per heavy atom. The second-order valence-corrected chi connectivity index (χ2v) is 7.30. The molecule has 1 N–H and O–H groups in total. The molecule has 3 rings (SSSR count). The van der Waals surface area contributed by atoms with Gasteiger partial charge in [0, 0.05) is 17.1 Å². The van der Waals surface area contributed by atoms with Gasteiger partial charge in [0.2, 0.25) is 0 Å². The van der Waals surface area contributed by atoms with Gasteiger partial charge in [-0.2, -0.15) is 0 Å². The lowest BCUT2D eigenvalue weighted by atomic mass is 10.1. The first-order chi connectivity index (χ1) is 11.1. The summed E-state index contributed by atoms with van der Waals surface area (Å²) in [4.78, 5) is 16.2. The number of benzene rings is 1. The molecule has 4 heteroatoms. The Balaban J connectivity index is 1.81. The molecule has 1 atom stereocenters. The van der Waals surface area contributed by atoms with Gasteiger partial charge in [-0.1, -0.05) is 31.0 Å². The Kier molecular flexibility index (Phi) is 5.01. The monoisotopic (exact) mass is 328 g/mol. The molecule has 3 nitrogen and oxygen atoms in total. The number of nitrogens with zero attached hydrogens (tertiary/aromatic N) is 1. The fraction of sp³-hybridized carbons (Fsp3) is 0.421. The maximum atomic E-state index is 12.9. The van der Waals surface area contributed by atoms with E-state index in [0.717, 1.165) is 36.2 Å². The van der Waals surface area contributed by atoms with Crippen LogP contribution in [0.4, 0.5) is 10.5 Å². The minimum Gasteiger partial charge on any atom is -0.317 e. The molecule has 0 aliphatic carbocycles. The van der Waals surface area contributed by atoms with Crippen molar-refractivity contribution in [3.8, 4) is 0 Å². The van der Waals surface area contributed by atoms with Crippen molar-refractivity contribution in [3.05, 3.63) is 51.7 Å². The average molecular weight is 328 g/mol. The maximum absolute atomic E-state index is 12.9. The van der Waals surface area contributed by atoms with Crippen molar-refractivity contribution in [2.24, 2.45) is 0 Å². The van der Waals surface area contributed by atoms with Crippen molar-refractivity contribution >= 4 is 23.1 Å². The number of likely N-dealkylation sites (tertiary alicyclic amines) is 1. The van der Waals surface area contributed by atoms with Gasteiger partial charge in [-0.05, 0) is 55.3 Å². The van der Waals surface area contributed by atoms with Crippen molar-refractivity contribution < 1.29 is 4.79 Å². The number of thiophene rings is 1. The van der Waals surface area contributed by atoms with Crippen molar-refractivity contribution in [3.63, 3.8) is 0 Å². The Hall–Kier alpha value is -1.81. The molecule has 2 heterocycles. The lowest BCUT2D eigenvalue weighted by Crippen LogP contribution is -2.37. The van der Waals surface area contributed by atoms with Gasteiger partial charge in [0.1, 0.15) is 0 Å². The standard InChI is InChI=1S/C19H24N2OS/c1-14-9-10-15(2)16(13-14)20-19(22)21-11-5-3-4-7-17(21)18-8-6-12-23-18/h6,8-10,12-13,17H,3-5,7,11H2,1-2H3,(H,20,22)/t17-/m0/s1. The van der Waals surface area contributed by atoms with Crippen LogP contribution in [0.1, 0.15) is 47.7 Å². The molecule has 2 aromatic rings. The molecular weight excluding hydrogens is 304 g/mol. The Morgan fingerprint density at radius 3 is 2.87 bits per heavy atom. The lowest BCUT2D eigenvalue weighted by molar-refractivity contribution is 0.190. The summed E-state index contributed by atoms with van der Waals surface area (Å²) in [6.45, 7) is 4.92. The van der Waals surface area contributed by atoms with Gasteiger partial charge in [-0.15, -0.1) is 11.3 Å². The number of anilines is 1. The van der Waals surface area contributed by atoms with Gasteiger partial charge >= 0.3 is 6.03 Å². The molecule has 2 amide bonds. The van der Waals surface area contributed by atoms with E-state index < -0.39 is 0 Å². The number of nitrogens with one attached hydrogen (secondary N) is 1. The molecule has 1 aromatic carbocycles. The minimum atomic E-state index is 0.0269. The molecule has 0 bridgehead atoms. The number of rotatable bonds is 2. The van der Waals surface area contributed by atoms with Crippen LogP contribution >= 0.6 is 11.3 Å². The average Bonchev–Trinajstić information content (AvgIpc) is 2.95. The summed E-state index contributed by atoms with van der Waals surface area (Å²) in [6.07, 6.45) is 4.54. The predicted octanol–water partition coefficient (Wildman–Crippen LogP) is 5.51. The SMILES string of the molecule is Cc1ccc(C)c(NC(=O)N2CCCCC[C@H]2c2cccs2)c1. The van der Waals surface area contributed by atoms with E-state index in [9.17, 15) is 4.79 Å². The number of carbonyl (C=O) groups excluding carboxylic acids is 1. The summed E-state index contributed by atoms with van der Waals surface area (Å²) >= 11 is 1.75. The first-order valence-corrected chi connectivity index (χ1v) is 9.21. The molecule has 23 heavy (non-hydrogen) atoms. The topological polar surface area (TPSA) is 32.3 Å². The molecule has 0 spiro atoms. The van der Waals surface area contributed by atoms with Crippen LogP contribution in [0.2, 0.25) is 0 Å². The highest BCUT2D eigenvalue weighted by Gasteiger charge is 2.27. The van der Waals surface area contributed by atoms with Gasteiger partial charge in [-0.25, -0.2) is 4.79 Å². The highest BCUT2D eigenvalue weighted by atomic mass is 32.1. The van der Waals surface area contributed by atoms with Gasteiger partial charge in [0.15, 0.2) is 0 Å². The Morgan fingerprint density at radius 2 is 2.09 bits per heavy atom. The van der Waals surface area contributed by atoms with Gasteiger partial charge in [-0.3, -0.25) is 0 Å². The second kappa shape index (κ2) is 7.18. The molecule has 0 radical (unpaired) electrons. The normalized spacial score (nSPS) is 18.5. The highest BCUT2D eigenvalue weighted by molar-refractivity contribution is 7.10. The second-order valence-electron chi connectivity index (χ2n) is 6.32. The van der Waals surface area contributed by atoms with Crippen LogP contribution in [0, 0.1) is 13.8 Å². The quantitative estimate of drug-likeness (QED) is 0.774. The van der Waals surface area contributed by atoms with Crippen LogP contribution in [0.5, 0.6) is 0 Å². The molecule has 1 saturated heterocycles. The number of carbonyl (C=O) groups is 1. The zero-order valence-electron chi connectivity index (χ0n) is 13.8. The Labute approximate surface area is 142 Å². The van der Waals surface area contributed by atoms with Crippen LogP contribution < -0.4 is 5.32 Å². The number of urea groups is 1. The van der Waals surface area contributed by atoms with E-state index in [4.69, 9.17) is 0 Å². The van der Waals surface area contributed by atoms with Crippen LogP contribution in [0.25, 0.3) is 0 Å². The number of hydrogen-bond acceptors (Lipinski definition) is 2. The van der Waals surface area contributed by atoms with Crippen LogP contribution in [0.3, 0.4) is 0 Å². The van der Waals surface area contributed by atoms with Crippen molar-refractivity contribution in [2.45, 2.75) is 45.6 Å². The largest absolute Gasteiger partial charge is 0.322 e. The predicted molar refractivity (Wildman–Crippen MR) is 97.2 cm³/mol. The van der Waals surface area contributed by atoms with Crippen LogP contribution in [0.15, 0.2) is 35.7 Å². The summed E-state index contributed by atoms with van der Waals surface area (Å²) < 4.78 is 0. The van der Waals surface area contributed by atoms with E-state index in [2.05, 4.69) is 41.9 Å². The van der Waals surface area contributed by atoms with Crippen molar-refractivity contribution in [1.82, 2.24) is 4.90 Å². The summed E-state index contributed by atoms with van der Waals surface area (Å²) in [5, 5.41) is 5.23. The van der Waals surface area contributed by atoms with Crippen molar-refractivity contribution in [2.75, 3.05) is 11.9 Å². The van der Waals surface area contributed by atoms with Crippen molar-refractivity contribution in [1.29, 1.82) is 0 Å². The zero-order valence-corrected chi connectivity index (χ0v) is 14.7. The third-order valence-corrected chi connectivity index (χ3v) is 5.49. The van der Waals surface area contributed by atoms with E-state index in [1.165, 1.54) is 17.7 Å². The first kappa shape index (κ1) is 16.1. The van der Waals surface area contributed by atoms with Gasteiger partial charge in [0.25, 0.3) is 0 Å². The van der Waals surface area contributed by atoms with E-state index in [1.54, 1.807) is 11.3 Å². The fourth-order valence-corrected chi connectivity index (χ4v) is 4.06. The molecule has 1 aliphatic rings. The highest BCUT2D eigenvalue weighted by Crippen LogP contribution is 2.33. The molecule has 0 saturated carbocycles. The fourth-order valence-electron chi connectivity index (χ4n) is 3.19.